The van der Waals surface area contributed by atoms with Crippen LogP contribution in [0.4, 0.5) is 0 Å². The normalized spacial score (nSPS) is 11.8. The number of rotatable bonds is 7. The van der Waals surface area contributed by atoms with Crippen LogP contribution < -0.4 is 9.47 Å². The maximum Gasteiger partial charge on any atom is 0.311 e. The molecule has 0 amide bonds. The fourth-order valence-electron chi connectivity index (χ4n) is 2.96. The molecule has 128 valence electrons. The van der Waals surface area contributed by atoms with Crippen LogP contribution in [0.15, 0.2) is 36.4 Å². The zero-order valence-electron chi connectivity index (χ0n) is 14.6. The Morgan fingerprint density at radius 1 is 1.21 bits per heavy atom. The average molecular weight is 328 g/mol. The van der Waals surface area contributed by atoms with Gasteiger partial charge in [-0.15, -0.1) is 0 Å². The Morgan fingerprint density at radius 3 is 2.54 bits per heavy atom. The van der Waals surface area contributed by atoms with E-state index in [-0.39, 0.29) is 0 Å². The first-order valence-electron chi connectivity index (χ1n) is 8.06. The van der Waals surface area contributed by atoms with Crippen LogP contribution in [0.2, 0.25) is 0 Å². The van der Waals surface area contributed by atoms with E-state index in [1.54, 1.807) is 7.11 Å². The molecule has 0 heterocycles. The number of carboxylic acid groups (broad SMARTS) is 1. The van der Waals surface area contributed by atoms with Gasteiger partial charge in [-0.1, -0.05) is 35.9 Å². The molecule has 0 aromatic heterocycles. The van der Waals surface area contributed by atoms with Crippen LogP contribution in [-0.2, 0) is 11.2 Å². The summed E-state index contributed by atoms with van der Waals surface area (Å²) in [6, 6.07) is 11.4. The SMILES string of the molecule is CCOc1c(CC(C(=O)O)c2ccc(C)cc2C)cccc1OC. The lowest BCUT2D eigenvalue weighted by molar-refractivity contribution is -0.138. The summed E-state index contributed by atoms with van der Waals surface area (Å²) < 4.78 is 11.1. The Morgan fingerprint density at radius 2 is 1.96 bits per heavy atom. The molecule has 0 aliphatic carbocycles. The van der Waals surface area contributed by atoms with Crippen LogP contribution in [0.25, 0.3) is 0 Å². The van der Waals surface area contributed by atoms with E-state index < -0.39 is 11.9 Å². The third-order valence-electron chi connectivity index (χ3n) is 4.09. The molecule has 1 atom stereocenters. The second-order valence-corrected chi connectivity index (χ2v) is 5.84. The van der Waals surface area contributed by atoms with Crippen LogP contribution in [0.5, 0.6) is 11.5 Å². The minimum atomic E-state index is -0.841. The molecule has 1 N–H and O–H groups in total. The molecule has 0 fully saturated rings. The highest BCUT2D eigenvalue weighted by Crippen LogP contribution is 2.35. The van der Waals surface area contributed by atoms with Crippen molar-refractivity contribution in [1.29, 1.82) is 0 Å². The Hall–Kier alpha value is -2.49. The van der Waals surface area contributed by atoms with Crippen molar-refractivity contribution >= 4 is 5.97 Å². The first-order valence-corrected chi connectivity index (χ1v) is 8.06. The fraction of sp³-hybridized carbons (Fsp3) is 0.350. The number of methoxy groups -OCH3 is 1. The van der Waals surface area contributed by atoms with Gasteiger partial charge in [0, 0.05) is 0 Å². The standard InChI is InChI=1S/C20H24O4/c1-5-24-19-15(7-6-8-18(19)23-4)12-17(20(21)22)16-10-9-13(2)11-14(16)3/h6-11,17H,5,12H2,1-4H3,(H,21,22). The third-order valence-corrected chi connectivity index (χ3v) is 4.09. The van der Waals surface area contributed by atoms with Crippen molar-refractivity contribution in [2.24, 2.45) is 0 Å². The number of hydrogen-bond donors (Lipinski definition) is 1. The van der Waals surface area contributed by atoms with Gasteiger partial charge in [-0.2, -0.15) is 0 Å². The van der Waals surface area contributed by atoms with Crippen molar-refractivity contribution < 1.29 is 19.4 Å². The van der Waals surface area contributed by atoms with E-state index in [1.165, 1.54) is 0 Å². The number of carboxylic acids is 1. The molecular weight excluding hydrogens is 304 g/mol. The first-order chi connectivity index (χ1) is 11.5. The highest BCUT2D eigenvalue weighted by atomic mass is 16.5. The molecule has 0 aliphatic heterocycles. The molecule has 0 saturated carbocycles. The second-order valence-electron chi connectivity index (χ2n) is 5.84. The molecule has 2 rings (SSSR count). The predicted octanol–water partition coefficient (Wildman–Crippen LogP) is 4.12. The molecule has 4 heteroatoms. The molecule has 1 unspecified atom stereocenters. The molecular formula is C20H24O4. The summed E-state index contributed by atoms with van der Waals surface area (Å²) in [6.45, 7) is 6.35. The van der Waals surface area contributed by atoms with E-state index in [1.807, 2.05) is 57.2 Å². The van der Waals surface area contributed by atoms with Gasteiger partial charge in [0.25, 0.3) is 0 Å². The lowest BCUT2D eigenvalue weighted by Gasteiger charge is -2.19. The van der Waals surface area contributed by atoms with Gasteiger partial charge in [0.2, 0.25) is 0 Å². The number of benzene rings is 2. The van der Waals surface area contributed by atoms with Crippen molar-refractivity contribution in [3.05, 3.63) is 58.7 Å². The fourth-order valence-corrected chi connectivity index (χ4v) is 2.96. The van der Waals surface area contributed by atoms with E-state index >= 15 is 0 Å². The van der Waals surface area contributed by atoms with E-state index in [4.69, 9.17) is 9.47 Å². The van der Waals surface area contributed by atoms with Crippen molar-refractivity contribution in [3.8, 4) is 11.5 Å². The molecule has 0 aliphatic rings. The minimum absolute atomic E-state index is 0.353. The van der Waals surface area contributed by atoms with E-state index in [0.29, 0.717) is 24.5 Å². The summed E-state index contributed by atoms with van der Waals surface area (Å²) in [6.07, 6.45) is 0.353. The van der Waals surface area contributed by atoms with Gasteiger partial charge in [0.1, 0.15) is 0 Å². The minimum Gasteiger partial charge on any atom is -0.493 e. The summed E-state index contributed by atoms with van der Waals surface area (Å²) in [5, 5.41) is 9.76. The van der Waals surface area contributed by atoms with Crippen LogP contribution >= 0.6 is 0 Å². The number of aliphatic carboxylic acids is 1. The van der Waals surface area contributed by atoms with E-state index in [2.05, 4.69) is 0 Å². The van der Waals surface area contributed by atoms with Crippen molar-refractivity contribution in [1.82, 2.24) is 0 Å². The summed E-state index contributed by atoms with van der Waals surface area (Å²) in [5.74, 6) is -0.221. The topological polar surface area (TPSA) is 55.8 Å². The summed E-state index contributed by atoms with van der Waals surface area (Å²) >= 11 is 0. The molecule has 0 radical (unpaired) electrons. The number of aryl methyl sites for hydroxylation is 2. The predicted molar refractivity (Wildman–Crippen MR) is 94.2 cm³/mol. The van der Waals surface area contributed by atoms with Crippen LogP contribution in [0, 0.1) is 13.8 Å². The molecule has 0 bridgehead atoms. The Bertz CT molecular complexity index is 722. The van der Waals surface area contributed by atoms with Gasteiger partial charge < -0.3 is 14.6 Å². The lowest BCUT2D eigenvalue weighted by atomic mass is 9.88. The highest BCUT2D eigenvalue weighted by molar-refractivity contribution is 5.77. The van der Waals surface area contributed by atoms with Gasteiger partial charge in [0.05, 0.1) is 19.6 Å². The lowest BCUT2D eigenvalue weighted by Crippen LogP contribution is -2.16. The number of carbonyl (C=O) groups is 1. The summed E-state index contributed by atoms with van der Waals surface area (Å²) in [4.78, 5) is 11.9. The molecule has 24 heavy (non-hydrogen) atoms. The Balaban J connectivity index is 2.43. The zero-order valence-corrected chi connectivity index (χ0v) is 14.6. The first kappa shape index (κ1) is 17.9. The maximum atomic E-state index is 11.9. The average Bonchev–Trinajstić information content (AvgIpc) is 2.54. The highest BCUT2D eigenvalue weighted by Gasteiger charge is 2.24. The summed E-state index contributed by atoms with van der Waals surface area (Å²) in [7, 11) is 1.58. The molecule has 0 saturated heterocycles. The van der Waals surface area contributed by atoms with Crippen LogP contribution in [0.3, 0.4) is 0 Å². The maximum absolute atomic E-state index is 11.9. The van der Waals surface area contributed by atoms with Crippen molar-refractivity contribution in [2.75, 3.05) is 13.7 Å². The van der Waals surface area contributed by atoms with Gasteiger partial charge >= 0.3 is 5.97 Å². The van der Waals surface area contributed by atoms with Crippen LogP contribution in [0.1, 0.15) is 35.1 Å². The number of hydrogen-bond acceptors (Lipinski definition) is 3. The largest absolute Gasteiger partial charge is 0.493 e. The smallest absolute Gasteiger partial charge is 0.311 e. The van der Waals surface area contributed by atoms with Crippen molar-refractivity contribution in [3.63, 3.8) is 0 Å². The molecule has 0 spiro atoms. The van der Waals surface area contributed by atoms with Gasteiger partial charge in [-0.05, 0) is 49.9 Å². The van der Waals surface area contributed by atoms with Crippen molar-refractivity contribution in [2.45, 2.75) is 33.1 Å². The van der Waals surface area contributed by atoms with Gasteiger partial charge in [-0.3, -0.25) is 4.79 Å². The molecule has 2 aromatic rings. The Labute approximate surface area is 143 Å². The Kier molecular flexibility index (Phi) is 5.85. The second kappa shape index (κ2) is 7.86. The van der Waals surface area contributed by atoms with E-state index in [0.717, 1.165) is 22.3 Å². The van der Waals surface area contributed by atoms with E-state index in [9.17, 15) is 9.90 Å². The summed E-state index contributed by atoms with van der Waals surface area (Å²) in [5.41, 5.74) is 3.78. The third kappa shape index (κ3) is 3.88. The number of ether oxygens (including phenoxy) is 2. The van der Waals surface area contributed by atoms with Crippen LogP contribution in [-0.4, -0.2) is 24.8 Å². The number of para-hydroxylation sites is 1. The molecule has 2 aromatic carbocycles. The molecule has 4 nitrogen and oxygen atoms in total. The quantitative estimate of drug-likeness (QED) is 0.830. The van der Waals surface area contributed by atoms with Gasteiger partial charge in [0.15, 0.2) is 11.5 Å². The zero-order chi connectivity index (χ0) is 17.7. The van der Waals surface area contributed by atoms with Gasteiger partial charge in [-0.25, -0.2) is 0 Å². The monoisotopic (exact) mass is 328 g/mol.